The van der Waals surface area contributed by atoms with E-state index in [1.165, 1.54) is 0 Å². The van der Waals surface area contributed by atoms with Crippen LogP contribution in [0.5, 0.6) is 5.88 Å². The van der Waals surface area contributed by atoms with Gasteiger partial charge in [0.1, 0.15) is 0 Å². The maximum absolute atomic E-state index is 10.1. The van der Waals surface area contributed by atoms with E-state index < -0.39 is 11.1 Å². The molecule has 0 radical (unpaired) electrons. The van der Waals surface area contributed by atoms with Crippen molar-refractivity contribution in [2.75, 3.05) is 18.2 Å². The molecule has 0 saturated carbocycles. The maximum atomic E-state index is 10.1. The maximum Gasteiger partial charge on any atom is 0.215 e. The van der Waals surface area contributed by atoms with E-state index in [0.29, 0.717) is 17.4 Å². The first kappa shape index (κ1) is 13.6. The van der Waals surface area contributed by atoms with Crippen molar-refractivity contribution < 1.29 is 9.84 Å². The highest BCUT2D eigenvalue weighted by Gasteiger charge is 2.35. The van der Waals surface area contributed by atoms with E-state index in [-0.39, 0.29) is 0 Å². The number of ether oxygens (including phenoxy) is 1. The minimum absolute atomic E-state index is 0.480. The molecule has 4 N–H and O–H groups in total. The smallest absolute Gasteiger partial charge is 0.215 e. The lowest BCUT2D eigenvalue weighted by Crippen LogP contribution is -2.51. The zero-order chi connectivity index (χ0) is 13.3. The van der Waals surface area contributed by atoms with Gasteiger partial charge in [0, 0.05) is 6.07 Å². The predicted molar refractivity (Wildman–Crippen MR) is 69.2 cm³/mol. The van der Waals surface area contributed by atoms with Gasteiger partial charge >= 0.3 is 0 Å². The Bertz CT molecular complexity index is 397. The number of rotatable bonds is 4. The molecule has 1 rings (SSSR count). The third-order valence-corrected chi connectivity index (χ3v) is 3.07. The summed E-state index contributed by atoms with van der Waals surface area (Å²) in [4.78, 5) is 4.22. The highest BCUT2D eigenvalue weighted by molar-refractivity contribution is 5.63. The Morgan fingerprint density at radius 2 is 1.88 bits per heavy atom. The molecular weight excluding hydrogens is 218 g/mol. The first-order valence-electron chi connectivity index (χ1n) is 5.48. The summed E-state index contributed by atoms with van der Waals surface area (Å²) in [5.41, 5.74) is 4.87. The normalized spacial score (nSPS) is 12.4. The van der Waals surface area contributed by atoms with Crippen LogP contribution in [0.15, 0.2) is 12.1 Å². The number of aromatic nitrogens is 1. The van der Waals surface area contributed by atoms with Gasteiger partial charge in [-0.05, 0) is 33.8 Å². The van der Waals surface area contributed by atoms with Crippen molar-refractivity contribution in [2.24, 2.45) is 0 Å². The quantitative estimate of drug-likeness (QED) is 0.744. The minimum atomic E-state index is -0.913. The molecule has 0 aliphatic carbocycles. The largest absolute Gasteiger partial charge is 0.481 e. The third-order valence-electron chi connectivity index (χ3n) is 3.07. The summed E-state index contributed by atoms with van der Waals surface area (Å²) in [6.45, 7) is 7.23. The zero-order valence-electron chi connectivity index (χ0n) is 11.0. The summed E-state index contributed by atoms with van der Waals surface area (Å²) in [5, 5.41) is 13.2. The molecule has 0 saturated heterocycles. The fraction of sp³-hybridized carbons (Fsp3) is 0.583. The van der Waals surface area contributed by atoms with Crippen LogP contribution < -0.4 is 15.8 Å². The lowest BCUT2D eigenvalue weighted by Gasteiger charge is -2.38. The van der Waals surface area contributed by atoms with Gasteiger partial charge in [0.2, 0.25) is 5.88 Å². The van der Waals surface area contributed by atoms with E-state index in [2.05, 4.69) is 10.3 Å². The number of methoxy groups -OCH3 is 1. The fourth-order valence-electron chi connectivity index (χ4n) is 1.11. The molecule has 96 valence electrons. The van der Waals surface area contributed by atoms with E-state index >= 15 is 0 Å². The number of pyridine rings is 1. The topological polar surface area (TPSA) is 80.4 Å². The molecule has 0 aliphatic heterocycles. The van der Waals surface area contributed by atoms with Gasteiger partial charge in [0.15, 0.2) is 5.82 Å². The summed E-state index contributed by atoms with van der Waals surface area (Å²) in [6, 6.07) is 3.41. The van der Waals surface area contributed by atoms with Crippen molar-refractivity contribution in [3.05, 3.63) is 12.1 Å². The van der Waals surface area contributed by atoms with Crippen molar-refractivity contribution in [1.29, 1.82) is 0 Å². The van der Waals surface area contributed by atoms with Crippen LogP contribution in [0, 0.1) is 0 Å². The van der Waals surface area contributed by atoms with E-state index in [4.69, 9.17) is 10.5 Å². The second-order valence-corrected chi connectivity index (χ2v) is 5.10. The van der Waals surface area contributed by atoms with Gasteiger partial charge in [-0.2, -0.15) is 4.98 Å². The first-order valence-corrected chi connectivity index (χ1v) is 5.48. The van der Waals surface area contributed by atoms with Gasteiger partial charge in [-0.25, -0.2) is 0 Å². The van der Waals surface area contributed by atoms with Gasteiger partial charge in [0.05, 0.1) is 23.9 Å². The minimum Gasteiger partial charge on any atom is -0.481 e. The van der Waals surface area contributed by atoms with Gasteiger partial charge < -0.3 is 20.9 Å². The summed E-state index contributed by atoms with van der Waals surface area (Å²) in [6.07, 6.45) is 0. The molecule has 0 atom stereocenters. The highest BCUT2D eigenvalue weighted by Crippen LogP contribution is 2.28. The highest BCUT2D eigenvalue weighted by atomic mass is 16.5. The molecule has 1 aromatic rings. The van der Waals surface area contributed by atoms with Crippen LogP contribution in [0.3, 0.4) is 0 Å². The van der Waals surface area contributed by atoms with Crippen molar-refractivity contribution >= 4 is 11.5 Å². The van der Waals surface area contributed by atoms with Crippen LogP contribution in [0.25, 0.3) is 0 Å². The Balaban J connectivity index is 3.02. The second-order valence-electron chi connectivity index (χ2n) is 5.10. The number of aliphatic hydroxyl groups is 1. The average molecular weight is 239 g/mol. The van der Waals surface area contributed by atoms with E-state index in [1.54, 1.807) is 33.1 Å². The van der Waals surface area contributed by atoms with Crippen LogP contribution in [0.1, 0.15) is 27.7 Å². The van der Waals surface area contributed by atoms with Crippen LogP contribution in [0.4, 0.5) is 11.5 Å². The lowest BCUT2D eigenvalue weighted by atomic mass is 9.86. The Hall–Kier alpha value is -1.49. The molecule has 0 unspecified atom stereocenters. The van der Waals surface area contributed by atoms with Crippen LogP contribution >= 0.6 is 0 Å². The van der Waals surface area contributed by atoms with Crippen molar-refractivity contribution in [2.45, 2.75) is 38.8 Å². The lowest BCUT2D eigenvalue weighted by molar-refractivity contribution is 0.0239. The molecule has 1 aromatic heterocycles. The SMILES string of the molecule is COc1ccc(N)c(NC(C)(C)C(C)(C)O)n1. The molecule has 0 aromatic carbocycles. The molecule has 1 heterocycles. The average Bonchev–Trinajstić information content (AvgIpc) is 2.19. The van der Waals surface area contributed by atoms with Crippen LogP contribution in [0.2, 0.25) is 0 Å². The number of anilines is 2. The van der Waals surface area contributed by atoms with Crippen molar-refractivity contribution in [3.63, 3.8) is 0 Å². The molecule has 17 heavy (non-hydrogen) atoms. The number of hydrogen-bond acceptors (Lipinski definition) is 5. The molecule has 0 spiro atoms. The summed E-state index contributed by atoms with van der Waals surface area (Å²) in [7, 11) is 1.55. The Labute approximate surface area is 102 Å². The van der Waals surface area contributed by atoms with Gasteiger partial charge in [-0.1, -0.05) is 0 Å². The number of nitrogens with one attached hydrogen (secondary N) is 1. The number of hydrogen-bond donors (Lipinski definition) is 3. The monoisotopic (exact) mass is 239 g/mol. The Morgan fingerprint density at radius 3 is 2.35 bits per heavy atom. The van der Waals surface area contributed by atoms with Gasteiger partial charge in [-0.15, -0.1) is 0 Å². The van der Waals surface area contributed by atoms with E-state index in [0.717, 1.165) is 0 Å². The number of nitrogens with two attached hydrogens (primary N) is 1. The third kappa shape index (κ3) is 3.00. The summed E-state index contributed by atoms with van der Waals surface area (Å²) >= 11 is 0. The predicted octanol–water partition coefficient (Wildman–Crippen LogP) is 1.63. The van der Waals surface area contributed by atoms with Crippen molar-refractivity contribution in [3.8, 4) is 5.88 Å². The zero-order valence-corrected chi connectivity index (χ0v) is 11.0. The van der Waals surface area contributed by atoms with Crippen LogP contribution in [-0.2, 0) is 0 Å². The molecule has 5 heteroatoms. The molecule has 0 amide bonds. The summed E-state index contributed by atoms with van der Waals surface area (Å²) < 4.78 is 5.04. The van der Waals surface area contributed by atoms with Crippen LogP contribution in [-0.4, -0.2) is 28.3 Å². The van der Waals surface area contributed by atoms with Crippen molar-refractivity contribution in [1.82, 2.24) is 4.98 Å². The standard InChI is InChI=1S/C12H21N3O2/c1-11(2,12(3,4)16)15-10-8(13)6-7-9(14-10)17-5/h6-7,16H,13H2,1-5H3,(H,14,15). The summed E-state index contributed by atoms with van der Waals surface area (Å²) in [5.74, 6) is 0.990. The number of nitrogen functional groups attached to an aromatic ring is 1. The molecule has 0 aliphatic rings. The fourth-order valence-corrected chi connectivity index (χ4v) is 1.11. The number of nitrogens with zero attached hydrogens (tertiary/aromatic N) is 1. The first-order chi connectivity index (χ1) is 7.67. The van der Waals surface area contributed by atoms with E-state index in [9.17, 15) is 5.11 Å². The second kappa shape index (κ2) is 4.41. The molecule has 0 bridgehead atoms. The van der Waals surface area contributed by atoms with E-state index in [1.807, 2.05) is 13.8 Å². The molecule has 0 fully saturated rings. The van der Waals surface area contributed by atoms with Gasteiger partial charge in [-0.3, -0.25) is 0 Å². The Morgan fingerprint density at radius 1 is 1.29 bits per heavy atom. The molecular formula is C12H21N3O2. The molecule has 5 nitrogen and oxygen atoms in total. The Kier molecular flexibility index (Phi) is 3.52. The van der Waals surface area contributed by atoms with Gasteiger partial charge in [0.25, 0.3) is 0 Å².